The number of fused-ring (bicyclic) bond motifs is 1. The van der Waals surface area contributed by atoms with Gasteiger partial charge in [-0.2, -0.15) is 0 Å². The van der Waals surface area contributed by atoms with Crippen molar-refractivity contribution in [2.24, 2.45) is 0 Å². The van der Waals surface area contributed by atoms with Gasteiger partial charge in [-0.15, -0.1) is 11.3 Å². The van der Waals surface area contributed by atoms with Gasteiger partial charge < -0.3 is 0 Å². The van der Waals surface area contributed by atoms with Crippen LogP contribution in [0, 0.1) is 0 Å². The monoisotopic (exact) mass is 396 g/mol. The predicted molar refractivity (Wildman–Crippen MR) is 122 cm³/mol. The van der Waals surface area contributed by atoms with Gasteiger partial charge in [0.15, 0.2) is 0 Å². The second kappa shape index (κ2) is 10.0. The summed E-state index contributed by atoms with van der Waals surface area (Å²) in [6.07, 6.45) is 23.4. The second-order valence-corrected chi connectivity index (χ2v) is 10.00. The Morgan fingerprint density at radius 2 is 1.36 bits per heavy atom. The van der Waals surface area contributed by atoms with Gasteiger partial charge >= 0.3 is 0 Å². The van der Waals surface area contributed by atoms with Crippen molar-refractivity contribution in [2.75, 3.05) is 0 Å². The highest BCUT2D eigenvalue weighted by Gasteiger charge is 2.24. The molecule has 4 rings (SSSR count). The fourth-order valence-electron chi connectivity index (χ4n) is 5.14. The third-order valence-electron chi connectivity index (χ3n) is 6.73. The summed E-state index contributed by atoms with van der Waals surface area (Å²) >= 11 is 1.91. The van der Waals surface area contributed by atoms with E-state index in [9.17, 15) is 0 Å². The first-order valence-electron chi connectivity index (χ1n) is 11.8. The minimum absolute atomic E-state index is 0.571. The number of aromatic nitrogens is 2. The molecule has 2 nitrogen and oxygen atoms in total. The van der Waals surface area contributed by atoms with Crippen molar-refractivity contribution >= 4 is 27.6 Å². The van der Waals surface area contributed by atoms with E-state index < -0.39 is 0 Å². The molecular formula is C25H36N2S. The lowest BCUT2D eigenvalue weighted by molar-refractivity contribution is 0.433. The van der Waals surface area contributed by atoms with Gasteiger partial charge in [-0.1, -0.05) is 70.3 Å². The zero-order valence-corrected chi connectivity index (χ0v) is 18.4. The molecule has 0 aliphatic heterocycles. The molecule has 0 saturated heterocycles. The lowest BCUT2D eigenvalue weighted by atomic mass is 9.87. The average Bonchev–Trinajstić information content (AvgIpc) is 3.03. The highest BCUT2D eigenvalue weighted by molar-refractivity contribution is 7.20. The highest BCUT2D eigenvalue weighted by Crippen LogP contribution is 2.39. The molecule has 0 N–H and O–H groups in total. The Bertz CT molecular complexity index is 775. The van der Waals surface area contributed by atoms with E-state index in [1.54, 1.807) is 0 Å². The molecule has 0 unspecified atom stereocenters. The van der Waals surface area contributed by atoms with Crippen LogP contribution in [-0.4, -0.2) is 9.97 Å². The molecule has 0 amide bonds. The van der Waals surface area contributed by atoms with Gasteiger partial charge in [-0.25, -0.2) is 9.97 Å². The largest absolute Gasteiger partial charge is 0.236 e. The van der Waals surface area contributed by atoms with E-state index in [2.05, 4.69) is 25.1 Å². The van der Waals surface area contributed by atoms with E-state index in [1.165, 1.54) is 111 Å². The fraction of sp³-hybridized carbons (Fsp3) is 0.680. The topological polar surface area (TPSA) is 25.8 Å². The minimum Gasteiger partial charge on any atom is -0.236 e. The number of allylic oxidation sites excluding steroid dienone is 1. The van der Waals surface area contributed by atoms with Gasteiger partial charge in [0.2, 0.25) is 0 Å². The van der Waals surface area contributed by atoms with Gasteiger partial charge in [-0.3, -0.25) is 0 Å². The Labute approximate surface area is 174 Å². The van der Waals surface area contributed by atoms with Crippen LogP contribution in [0.4, 0.5) is 0 Å². The van der Waals surface area contributed by atoms with Gasteiger partial charge in [-0.05, 0) is 44.7 Å². The molecule has 28 heavy (non-hydrogen) atoms. The second-order valence-electron chi connectivity index (χ2n) is 8.91. The summed E-state index contributed by atoms with van der Waals surface area (Å²) < 4.78 is 1.37. The van der Waals surface area contributed by atoms with Crippen LogP contribution in [0.1, 0.15) is 125 Å². The van der Waals surface area contributed by atoms with Gasteiger partial charge in [0.05, 0.1) is 15.9 Å². The van der Waals surface area contributed by atoms with Crippen LogP contribution in [0.25, 0.3) is 16.3 Å². The Kier molecular flexibility index (Phi) is 7.17. The Morgan fingerprint density at radius 3 is 1.96 bits per heavy atom. The molecule has 3 heteroatoms. The zero-order valence-electron chi connectivity index (χ0n) is 17.6. The van der Waals surface area contributed by atoms with E-state index in [1.807, 2.05) is 11.3 Å². The molecule has 152 valence electrons. The van der Waals surface area contributed by atoms with Gasteiger partial charge in [0.25, 0.3) is 0 Å². The van der Waals surface area contributed by atoms with Crippen LogP contribution < -0.4 is 0 Å². The van der Waals surface area contributed by atoms with Crippen molar-refractivity contribution in [3.8, 4) is 0 Å². The normalized spacial score (nSPS) is 21.5. The number of nitrogens with zero attached hydrogens (tertiary/aromatic N) is 2. The van der Waals surface area contributed by atoms with Crippen LogP contribution in [-0.2, 0) is 0 Å². The van der Waals surface area contributed by atoms with Crippen LogP contribution in [0.2, 0.25) is 0 Å². The van der Waals surface area contributed by atoms with Crippen LogP contribution >= 0.6 is 11.3 Å². The maximum atomic E-state index is 5.34. The van der Waals surface area contributed by atoms with Crippen molar-refractivity contribution in [3.05, 3.63) is 28.5 Å². The number of rotatable bonds is 3. The standard InChI is InChI=1S/C25H36N2S/c1-2-13-21-18-22-24(28-21)23(19-14-9-5-3-6-10-15-19)27-25(26-22)20-16-11-7-4-8-12-17-20/h2,13,18-20H,3-12,14-17H2,1H3. The lowest BCUT2D eigenvalue weighted by Gasteiger charge is -2.23. The molecule has 0 aromatic carbocycles. The molecule has 2 aliphatic carbocycles. The minimum atomic E-state index is 0.571. The van der Waals surface area contributed by atoms with E-state index in [-0.39, 0.29) is 0 Å². The zero-order chi connectivity index (χ0) is 19.2. The molecule has 2 fully saturated rings. The molecular weight excluding hydrogens is 360 g/mol. The summed E-state index contributed by atoms with van der Waals surface area (Å²) in [6, 6.07) is 2.31. The first kappa shape index (κ1) is 20.1. The van der Waals surface area contributed by atoms with Crippen molar-refractivity contribution in [1.82, 2.24) is 9.97 Å². The van der Waals surface area contributed by atoms with Gasteiger partial charge in [0.1, 0.15) is 5.82 Å². The maximum Gasteiger partial charge on any atom is 0.132 e. The summed E-state index contributed by atoms with van der Waals surface area (Å²) in [5.41, 5.74) is 2.60. The first-order valence-corrected chi connectivity index (χ1v) is 12.6. The molecule has 0 atom stereocenters. The third kappa shape index (κ3) is 4.84. The Balaban J connectivity index is 1.73. The quantitative estimate of drug-likeness (QED) is 0.520. The Morgan fingerprint density at radius 1 is 0.786 bits per heavy atom. The maximum absolute atomic E-state index is 5.34. The summed E-state index contributed by atoms with van der Waals surface area (Å²) in [7, 11) is 0. The third-order valence-corrected chi connectivity index (χ3v) is 7.84. The molecule has 2 aromatic rings. The van der Waals surface area contributed by atoms with Crippen molar-refractivity contribution < 1.29 is 0 Å². The molecule has 2 aromatic heterocycles. The summed E-state index contributed by atoms with van der Waals surface area (Å²) in [5.74, 6) is 2.37. The predicted octanol–water partition coefficient (Wildman–Crippen LogP) is 8.38. The van der Waals surface area contributed by atoms with E-state index in [4.69, 9.17) is 9.97 Å². The first-order chi connectivity index (χ1) is 13.8. The summed E-state index contributed by atoms with van der Waals surface area (Å²) in [6.45, 7) is 2.10. The van der Waals surface area contributed by atoms with Crippen LogP contribution in [0.15, 0.2) is 12.1 Å². The van der Waals surface area contributed by atoms with Crippen molar-refractivity contribution in [2.45, 2.75) is 109 Å². The highest BCUT2D eigenvalue weighted by atomic mass is 32.1. The van der Waals surface area contributed by atoms with Gasteiger partial charge in [0, 0.05) is 16.7 Å². The van der Waals surface area contributed by atoms with E-state index in [0.717, 1.165) is 5.82 Å². The molecule has 0 bridgehead atoms. The number of hydrogen-bond acceptors (Lipinski definition) is 3. The van der Waals surface area contributed by atoms with Crippen LogP contribution in [0.5, 0.6) is 0 Å². The lowest BCUT2D eigenvalue weighted by Crippen LogP contribution is -2.12. The van der Waals surface area contributed by atoms with E-state index >= 15 is 0 Å². The number of hydrogen-bond donors (Lipinski definition) is 0. The SMILES string of the molecule is CC=Cc1cc2nc(C3CCCCCCC3)nc(C3CCCCCCC3)c2s1. The smallest absolute Gasteiger partial charge is 0.132 e. The van der Waals surface area contributed by atoms with Crippen LogP contribution in [0.3, 0.4) is 0 Å². The van der Waals surface area contributed by atoms with E-state index in [0.29, 0.717) is 11.8 Å². The molecule has 0 spiro atoms. The average molecular weight is 397 g/mol. The fourth-order valence-corrected chi connectivity index (χ4v) is 6.28. The molecule has 0 radical (unpaired) electrons. The van der Waals surface area contributed by atoms with Crippen molar-refractivity contribution in [3.63, 3.8) is 0 Å². The Hall–Kier alpha value is -1.22. The summed E-state index contributed by atoms with van der Waals surface area (Å²) in [5, 5.41) is 0. The molecule has 2 saturated carbocycles. The van der Waals surface area contributed by atoms with Crippen molar-refractivity contribution in [1.29, 1.82) is 0 Å². The summed E-state index contributed by atoms with van der Waals surface area (Å²) in [4.78, 5) is 11.8. The molecule has 2 heterocycles. The number of thiophene rings is 1. The molecule has 2 aliphatic rings.